The van der Waals surface area contributed by atoms with Crippen LogP contribution in [0.5, 0.6) is 0 Å². The minimum absolute atomic E-state index is 0.352. The van der Waals surface area contributed by atoms with E-state index in [1.54, 1.807) is 0 Å². The molecule has 0 aliphatic heterocycles. The average Bonchev–Trinajstić information content (AvgIpc) is 2.80. The lowest BCUT2D eigenvalue weighted by atomic mass is 10.2. The Hall–Kier alpha value is -1.60. The predicted molar refractivity (Wildman–Crippen MR) is 67.6 cm³/mol. The van der Waals surface area contributed by atoms with E-state index in [4.69, 9.17) is 10.2 Å². The van der Waals surface area contributed by atoms with Gasteiger partial charge >= 0.3 is 12.0 Å². The maximum atomic E-state index is 11.4. The molecule has 0 fully saturated rings. The molecular formula is C11H16N2O4S. The molecule has 0 bridgehead atoms. The van der Waals surface area contributed by atoms with E-state index in [1.165, 1.54) is 11.3 Å². The highest BCUT2D eigenvalue weighted by molar-refractivity contribution is 7.10. The van der Waals surface area contributed by atoms with E-state index >= 15 is 0 Å². The molecule has 18 heavy (non-hydrogen) atoms. The summed E-state index contributed by atoms with van der Waals surface area (Å²) in [6, 6.07) is 0.110. The number of aliphatic carboxylic acids is 1. The Morgan fingerprint density at radius 3 is 2.78 bits per heavy atom. The second-order valence-electron chi connectivity index (χ2n) is 3.62. The van der Waals surface area contributed by atoms with Crippen molar-refractivity contribution in [2.45, 2.75) is 25.9 Å². The molecule has 0 spiro atoms. The number of hydrogen-bond donors (Lipinski definition) is 4. The molecule has 1 unspecified atom stereocenters. The standard InChI is InChI=1S/C11H16N2O4S/c1-2-7-3-4-18-9(7)5-12-11(17)13-8(6-14)10(15)16/h3-4,8,14H,2,5-6H2,1H3,(H,15,16)(H2,12,13,17). The number of carboxylic acids is 1. The van der Waals surface area contributed by atoms with Crippen molar-refractivity contribution in [3.63, 3.8) is 0 Å². The number of thiophene rings is 1. The SMILES string of the molecule is CCc1ccsc1CNC(=O)NC(CO)C(=O)O. The van der Waals surface area contributed by atoms with Crippen molar-refractivity contribution in [3.05, 3.63) is 21.9 Å². The predicted octanol–water partition coefficient (Wildman–Crippen LogP) is 0.555. The highest BCUT2D eigenvalue weighted by atomic mass is 32.1. The van der Waals surface area contributed by atoms with Gasteiger partial charge in [-0.25, -0.2) is 9.59 Å². The lowest BCUT2D eigenvalue weighted by Gasteiger charge is -2.12. The van der Waals surface area contributed by atoms with Crippen LogP contribution in [0.4, 0.5) is 4.79 Å². The van der Waals surface area contributed by atoms with Gasteiger partial charge in [-0.05, 0) is 23.4 Å². The number of carboxylic acid groups (broad SMARTS) is 1. The summed E-state index contributed by atoms with van der Waals surface area (Å²) in [5.74, 6) is -1.27. The molecule has 4 N–H and O–H groups in total. The zero-order chi connectivity index (χ0) is 13.5. The molecule has 6 nitrogen and oxygen atoms in total. The van der Waals surface area contributed by atoms with Gasteiger partial charge in [0.2, 0.25) is 0 Å². The van der Waals surface area contributed by atoms with E-state index in [9.17, 15) is 9.59 Å². The minimum atomic E-state index is -1.28. The van der Waals surface area contributed by atoms with Gasteiger partial charge in [-0.3, -0.25) is 0 Å². The number of aliphatic hydroxyl groups excluding tert-OH is 1. The summed E-state index contributed by atoms with van der Waals surface area (Å²) in [5.41, 5.74) is 1.16. The van der Waals surface area contributed by atoms with Crippen molar-refractivity contribution in [2.75, 3.05) is 6.61 Å². The number of hydrogen-bond acceptors (Lipinski definition) is 4. The van der Waals surface area contributed by atoms with Crippen LogP contribution < -0.4 is 10.6 Å². The molecule has 0 saturated heterocycles. The summed E-state index contributed by atoms with van der Waals surface area (Å²) in [7, 11) is 0. The van der Waals surface area contributed by atoms with Crippen LogP contribution in [0.25, 0.3) is 0 Å². The third-order valence-corrected chi connectivity index (χ3v) is 3.38. The van der Waals surface area contributed by atoms with Gasteiger partial charge in [0.15, 0.2) is 6.04 Å². The molecule has 1 atom stereocenters. The molecule has 1 rings (SSSR count). The van der Waals surface area contributed by atoms with E-state index in [0.29, 0.717) is 6.54 Å². The van der Waals surface area contributed by atoms with Crippen molar-refractivity contribution >= 4 is 23.3 Å². The Labute approximate surface area is 109 Å². The number of aliphatic hydroxyl groups is 1. The summed E-state index contributed by atoms with van der Waals surface area (Å²) in [6.45, 7) is 1.74. The number of nitrogens with one attached hydrogen (secondary N) is 2. The molecule has 1 aromatic rings. The van der Waals surface area contributed by atoms with E-state index < -0.39 is 24.6 Å². The van der Waals surface area contributed by atoms with Crippen molar-refractivity contribution in [3.8, 4) is 0 Å². The molecule has 0 aliphatic carbocycles. The molecule has 0 saturated carbocycles. The Morgan fingerprint density at radius 2 is 2.22 bits per heavy atom. The molecule has 0 radical (unpaired) electrons. The summed E-state index contributed by atoms with van der Waals surface area (Å²) in [5, 5.41) is 24.1. The number of carbonyl (C=O) groups is 2. The lowest BCUT2D eigenvalue weighted by molar-refractivity contribution is -0.140. The number of rotatable bonds is 6. The Morgan fingerprint density at radius 1 is 1.50 bits per heavy atom. The Bertz CT molecular complexity index is 419. The van der Waals surface area contributed by atoms with Crippen LogP contribution in [0.15, 0.2) is 11.4 Å². The van der Waals surface area contributed by atoms with Crippen LogP contribution in [0.3, 0.4) is 0 Å². The van der Waals surface area contributed by atoms with Gasteiger partial charge in [-0.15, -0.1) is 11.3 Å². The molecule has 0 aliphatic rings. The lowest BCUT2D eigenvalue weighted by Crippen LogP contribution is -2.47. The zero-order valence-corrected chi connectivity index (χ0v) is 10.8. The summed E-state index contributed by atoms with van der Waals surface area (Å²) >= 11 is 1.54. The van der Waals surface area contributed by atoms with Crippen molar-refractivity contribution in [1.29, 1.82) is 0 Å². The maximum absolute atomic E-state index is 11.4. The first-order valence-corrected chi connectivity index (χ1v) is 6.39. The van der Waals surface area contributed by atoms with Gasteiger partial charge in [0, 0.05) is 4.88 Å². The van der Waals surface area contributed by atoms with Gasteiger partial charge in [0.25, 0.3) is 0 Å². The Kier molecular flexibility index (Phi) is 5.60. The quantitative estimate of drug-likeness (QED) is 0.608. The topological polar surface area (TPSA) is 98.7 Å². The van der Waals surface area contributed by atoms with E-state index in [2.05, 4.69) is 10.6 Å². The third-order valence-electron chi connectivity index (χ3n) is 2.41. The first kappa shape index (κ1) is 14.5. The second kappa shape index (κ2) is 6.97. The fourth-order valence-electron chi connectivity index (χ4n) is 1.39. The van der Waals surface area contributed by atoms with Crippen LogP contribution in [-0.4, -0.2) is 34.9 Å². The zero-order valence-electron chi connectivity index (χ0n) is 9.97. The number of aryl methyl sites for hydroxylation is 1. The second-order valence-corrected chi connectivity index (χ2v) is 4.62. The highest BCUT2D eigenvalue weighted by Crippen LogP contribution is 2.16. The number of carbonyl (C=O) groups excluding carboxylic acids is 1. The number of amides is 2. The van der Waals surface area contributed by atoms with Crippen LogP contribution in [0.1, 0.15) is 17.4 Å². The molecule has 7 heteroatoms. The van der Waals surface area contributed by atoms with Crippen LogP contribution >= 0.6 is 11.3 Å². The van der Waals surface area contributed by atoms with Crippen molar-refractivity contribution in [1.82, 2.24) is 10.6 Å². The van der Waals surface area contributed by atoms with Gasteiger partial charge in [0.05, 0.1) is 13.2 Å². The molecular weight excluding hydrogens is 256 g/mol. The molecule has 1 heterocycles. The monoisotopic (exact) mass is 272 g/mol. The smallest absolute Gasteiger partial charge is 0.328 e. The van der Waals surface area contributed by atoms with E-state index in [1.807, 2.05) is 18.4 Å². The van der Waals surface area contributed by atoms with Gasteiger partial charge < -0.3 is 20.8 Å². The highest BCUT2D eigenvalue weighted by Gasteiger charge is 2.18. The summed E-state index contributed by atoms with van der Waals surface area (Å²) < 4.78 is 0. The number of urea groups is 1. The molecule has 100 valence electrons. The third kappa shape index (κ3) is 4.01. The summed E-state index contributed by atoms with van der Waals surface area (Å²) in [4.78, 5) is 23.1. The van der Waals surface area contributed by atoms with Crippen molar-refractivity contribution in [2.24, 2.45) is 0 Å². The fourth-order valence-corrected chi connectivity index (χ4v) is 2.31. The van der Waals surface area contributed by atoms with E-state index in [0.717, 1.165) is 16.9 Å². The van der Waals surface area contributed by atoms with Gasteiger partial charge in [-0.2, -0.15) is 0 Å². The van der Waals surface area contributed by atoms with Crippen LogP contribution in [0, 0.1) is 0 Å². The maximum Gasteiger partial charge on any atom is 0.328 e. The molecule has 0 aromatic carbocycles. The molecule has 1 aromatic heterocycles. The summed E-state index contributed by atoms with van der Waals surface area (Å²) in [6.07, 6.45) is 0.885. The van der Waals surface area contributed by atoms with E-state index in [-0.39, 0.29) is 0 Å². The first-order chi connectivity index (χ1) is 8.58. The van der Waals surface area contributed by atoms with Crippen LogP contribution in [0.2, 0.25) is 0 Å². The first-order valence-electron chi connectivity index (χ1n) is 5.51. The fraction of sp³-hybridized carbons (Fsp3) is 0.455. The average molecular weight is 272 g/mol. The van der Waals surface area contributed by atoms with Crippen LogP contribution in [-0.2, 0) is 17.8 Å². The van der Waals surface area contributed by atoms with Crippen molar-refractivity contribution < 1.29 is 19.8 Å². The molecule has 2 amide bonds. The Balaban J connectivity index is 2.44. The minimum Gasteiger partial charge on any atom is -0.480 e. The van der Waals surface area contributed by atoms with Gasteiger partial charge in [0.1, 0.15) is 0 Å². The largest absolute Gasteiger partial charge is 0.480 e. The normalized spacial score (nSPS) is 11.9. The van der Waals surface area contributed by atoms with Gasteiger partial charge in [-0.1, -0.05) is 6.92 Å².